The fourth-order valence-corrected chi connectivity index (χ4v) is 4.85. The Morgan fingerprint density at radius 1 is 0.941 bits per heavy atom. The number of carbonyl (C=O) groups excluding carboxylic acids is 1. The van der Waals surface area contributed by atoms with E-state index in [1.165, 1.54) is 80.9 Å². The van der Waals surface area contributed by atoms with Gasteiger partial charge in [0.15, 0.2) is 0 Å². The maximum atomic E-state index is 12.6. The zero-order chi connectivity index (χ0) is 24.2. The van der Waals surface area contributed by atoms with Crippen molar-refractivity contribution in [1.29, 1.82) is 0 Å². The van der Waals surface area contributed by atoms with Crippen molar-refractivity contribution in [3.8, 4) is 5.75 Å². The molecular weight excluding hydrogens is 416 g/mol. The normalized spacial score (nSPS) is 16.7. The minimum atomic E-state index is -0.294. The Hall–Kier alpha value is -2.35. The highest BCUT2D eigenvalue weighted by Crippen LogP contribution is 2.33. The number of hydrogen-bond donors (Lipinski definition) is 0. The van der Waals surface area contributed by atoms with Gasteiger partial charge in [-0.15, -0.1) is 0 Å². The van der Waals surface area contributed by atoms with E-state index in [1.807, 2.05) is 24.3 Å². The molecule has 0 heterocycles. The molecule has 0 bridgehead atoms. The van der Waals surface area contributed by atoms with Gasteiger partial charge in [0.05, 0.1) is 5.56 Å². The van der Waals surface area contributed by atoms with Gasteiger partial charge in [-0.1, -0.05) is 102 Å². The summed E-state index contributed by atoms with van der Waals surface area (Å²) in [5, 5.41) is 0. The predicted molar refractivity (Wildman–Crippen MR) is 144 cm³/mol. The Labute approximate surface area is 207 Å². The minimum Gasteiger partial charge on any atom is -0.423 e. The molecule has 0 fully saturated rings. The first-order chi connectivity index (χ1) is 16.6. The van der Waals surface area contributed by atoms with Gasteiger partial charge in [0.25, 0.3) is 0 Å². The van der Waals surface area contributed by atoms with Crippen LogP contribution < -0.4 is 4.74 Å². The summed E-state index contributed by atoms with van der Waals surface area (Å²) < 4.78 is 5.60. The molecule has 0 saturated carbocycles. The van der Waals surface area contributed by atoms with E-state index in [9.17, 15) is 4.79 Å². The van der Waals surface area contributed by atoms with Crippen LogP contribution >= 0.6 is 0 Å². The maximum Gasteiger partial charge on any atom is 0.343 e. The third-order valence-electron chi connectivity index (χ3n) is 7.39. The van der Waals surface area contributed by atoms with Crippen molar-refractivity contribution in [2.45, 2.75) is 97.8 Å². The standard InChI is InChI=1S/C32H44O2/c1-4-6-7-8-9-10-11-26-12-16-28(17-13-26)29-18-20-30(21-19-29)32(33)34-31-22-14-27(15-23-31)24-25(3)5-2/h14-16,18-23,25-26H,4-13,17,24H2,1-3H3. The lowest BCUT2D eigenvalue weighted by atomic mass is 9.83. The molecule has 0 saturated heterocycles. The van der Waals surface area contributed by atoms with Gasteiger partial charge >= 0.3 is 5.97 Å². The van der Waals surface area contributed by atoms with Crippen molar-refractivity contribution >= 4 is 11.5 Å². The molecule has 1 aliphatic carbocycles. The summed E-state index contributed by atoms with van der Waals surface area (Å²) in [6.45, 7) is 6.75. The second-order valence-corrected chi connectivity index (χ2v) is 10.3. The fraction of sp³-hybridized carbons (Fsp3) is 0.531. The highest BCUT2D eigenvalue weighted by molar-refractivity contribution is 5.91. The second kappa shape index (κ2) is 14.1. The summed E-state index contributed by atoms with van der Waals surface area (Å²) in [4.78, 5) is 12.6. The zero-order valence-corrected chi connectivity index (χ0v) is 21.7. The van der Waals surface area contributed by atoms with E-state index in [4.69, 9.17) is 4.74 Å². The van der Waals surface area contributed by atoms with Crippen molar-refractivity contribution in [3.05, 3.63) is 71.3 Å². The molecule has 0 amide bonds. The van der Waals surface area contributed by atoms with Crippen molar-refractivity contribution in [2.24, 2.45) is 11.8 Å². The number of benzene rings is 2. The molecule has 2 unspecified atom stereocenters. The molecule has 2 nitrogen and oxygen atoms in total. The van der Waals surface area contributed by atoms with E-state index in [0.717, 1.165) is 18.8 Å². The molecule has 2 aromatic carbocycles. The van der Waals surface area contributed by atoms with Gasteiger partial charge < -0.3 is 4.74 Å². The van der Waals surface area contributed by atoms with Gasteiger partial charge in [-0.05, 0) is 78.5 Å². The van der Waals surface area contributed by atoms with Gasteiger partial charge in [-0.25, -0.2) is 4.79 Å². The lowest BCUT2D eigenvalue weighted by Crippen LogP contribution is -2.09. The van der Waals surface area contributed by atoms with E-state index in [1.54, 1.807) is 0 Å². The van der Waals surface area contributed by atoms with Gasteiger partial charge in [0.1, 0.15) is 5.75 Å². The molecule has 3 rings (SSSR count). The number of esters is 1. The van der Waals surface area contributed by atoms with Gasteiger partial charge in [-0.3, -0.25) is 0 Å². The molecule has 184 valence electrons. The average Bonchev–Trinajstić information content (AvgIpc) is 2.87. The zero-order valence-electron chi connectivity index (χ0n) is 21.7. The first kappa shape index (κ1) is 26.3. The first-order valence-electron chi connectivity index (χ1n) is 13.7. The number of unbranched alkanes of at least 4 members (excludes halogenated alkanes) is 5. The van der Waals surface area contributed by atoms with E-state index in [0.29, 0.717) is 17.2 Å². The quantitative estimate of drug-likeness (QED) is 0.169. The van der Waals surface area contributed by atoms with Crippen LogP contribution in [0.15, 0.2) is 54.6 Å². The summed E-state index contributed by atoms with van der Waals surface area (Å²) >= 11 is 0. The molecule has 0 N–H and O–H groups in total. The average molecular weight is 461 g/mol. The largest absolute Gasteiger partial charge is 0.423 e. The number of ether oxygens (including phenoxy) is 1. The van der Waals surface area contributed by atoms with Gasteiger partial charge in [0, 0.05) is 0 Å². The molecule has 0 aromatic heterocycles. The van der Waals surface area contributed by atoms with Gasteiger partial charge in [0.2, 0.25) is 0 Å². The first-order valence-corrected chi connectivity index (χ1v) is 13.7. The Morgan fingerprint density at radius 3 is 2.29 bits per heavy atom. The van der Waals surface area contributed by atoms with Crippen LogP contribution in [-0.4, -0.2) is 5.97 Å². The monoisotopic (exact) mass is 460 g/mol. The van der Waals surface area contributed by atoms with Crippen LogP contribution in [-0.2, 0) is 6.42 Å². The summed E-state index contributed by atoms with van der Waals surface area (Å²) in [5.41, 5.74) is 4.55. The summed E-state index contributed by atoms with van der Waals surface area (Å²) in [7, 11) is 0. The number of rotatable bonds is 13. The Balaban J connectivity index is 1.45. The Morgan fingerprint density at radius 2 is 1.65 bits per heavy atom. The molecule has 1 aliphatic rings. The van der Waals surface area contributed by atoms with E-state index < -0.39 is 0 Å². The van der Waals surface area contributed by atoms with Crippen molar-refractivity contribution in [1.82, 2.24) is 0 Å². The van der Waals surface area contributed by atoms with Crippen LogP contribution in [0.1, 0.15) is 113 Å². The summed E-state index contributed by atoms with van der Waals surface area (Å²) in [6.07, 6.45) is 18.0. The Bertz CT molecular complexity index is 892. The van der Waals surface area contributed by atoms with Crippen LogP contribution in [0.4, 0.5) is 0 Å². The van der Waals surface area contributed by atoms with Crippen LogP contribution in [0, 0.1) is 11.8 Å². The highest BCUT2D eigenvalue weighted by Gasteiger charge is 2.16. The number of hydrogen-bond acceptors (Lipinski definition) is 2. The molecular formula is C32H44O2. The van der Waals surface area contributed by atoms with Gasteiger partial charge in [-0.2, -0.15) is 0 Å². The molecule has 0 radical (unpaired) electrons. The molecule has 0 aliphatic heterocycles. The highest BCUT2D eigenvalue weighted by atomic mass is 16.5. The molecule has 2 aromatic rings. The lowest BCUT2D eigenvalue weighted by Gasteiger charge is -2.22. The fourth-order valence-electron chi connectivity index (χ4n) is 4.85. The third kappa shape index (κ3) is 8.46. The predicted octanol–water partition coefficient (Wildman–Crippen LogP) is 9.43. The number of carbonyl (C=O) groups is 1. The SMILES string of the molecule is CCCCCCCCC1CC=C(c2ccc(C(=O)Oc3ccc(CC(C)CC)cc3)cc2)CC1. The summed E-state index contributed by atoms with van der Waals surface area (Å²) in [5.74, 6) is 1.82. The number of allylic oxidation sites excluding steroid dienone is 2. The van der Waals surface area contributed by atoms with E-state index >= 15 is 0 Å². The van der Waals surface area contributed by atoms with Crippen molar-refractivity contribution < 1.29 is 9.53 Å². The van der Waals surface area contributed by atoms with E-state index in [-0.39, 0.29) is 5.97 Å². The van der Waals surface area contributed by atoms with Crippen LogP contribution in [0.3, 0.4) is 0 Å². The third-order valence-corrected chi connectivity index (χ3v) is 7.39. The molecule has 2 heteroatoms. The molecule has 34 heavy (non-hydrogen) atoms. The van der Waals surface area contributed by atoms with Crippen molar-refractivity contribution in [2.75, 3.05) is 0 Å². The lowest BCUT2D eigenvalue weighted by molar-refractivity contribution is 0.0734. The molecule has 0 spiro atoms. The smallest absolute Gasteiger partial charge is 0.343 e. The summed E-state index contributed by atoms with van der Waals surface area (Å²) in [6, 6.07) is 15.9. The van der Waals surface area contributed by atoms with E-state index in [2.05, 4.69) is 51.1 Å². The Kier molecular flexibility index (Phi) is 10.9. The second-order valence-electron chi connectivity index (χ2n) is 10.3. The maximum absolute atomic E-state index is 12.6. The van der Waals surface area contributed by atoms with Crippen LogP contribution in [0.5, 0.6) is 5.75 Å². The molecule has 2 atom stereocenters. The minimum absolute atomic E-state index is 0.294. The van der Waals surface area contributed by atoms with Crippen LogP contribution in [0.2, 0.25) is 0 Å². The van der Waals surface area contributed by atoms with Crippen LogP contribution in [0.25, 0.3) is 5.57 Å². The topological polar surface area (TPSA) is 26.3 Å². The van der Waals surface area contributed by atoms with Crippen molar-refractivity contribution in [3.63, 3.8) is 0 Å².